The quantitative estimate of drug-likeness (QED) is 0.750. The predicted octanol–water partition coefficient (Wildman–Crippen LogP) is 0.302. The SMILES string of the molecule is COC(=O)[C@H]1CCCN(S(=O)(=O)c2cn(C)c(C)n2)C1. The van der Waals surface area contributed by atoms with Crippen LogP contribution < -0.4 is 0 Å². The molecule has 20 heavy (non-hydrogen) atoms. The molecular weight excluding hydrogens is 282 g/mol. The van der Waals surface area contributed by atoms with Gasteiger partial charge < -0.3 is 9.30 Å². The van der Waals surface area contributed by atoms with Crippen molar-refractivity contribution < 1.29 is 17.9 Å². The molecule has 0 spiro atoms. The van der Waals surface area contributed by atoms with E-state index in [0.29, 0.717) is 25.2 Å². The van der Waals surface area contributed by atoms with E-state index in [1.54, 1.807) is 18.5 Å². The molecule has 0 N–H and O–H groups in total. The fourth-order valence-corrected chi connectivity index (χ4v) is 3.85. The molecule has 0 saturated carbocycles. The summed E-state index contributed by atoms with van der Waals surface area (Å²) in [4.78, 5) is 15.6. The number of sulfonamides is 1. The maximum absolute atomic E-state index is 12.5. The Kier molecular flexibility index (Phi) is 4.14. The highest BCUT2D eigenvalue weighted by molar-refractivity contribution is 7.89. The zero-order valence-corrected chi connectivity index (χ0v) is 12.7. The molecule has 1 saturated heterocycles. The summed E-state index contributed by atoms with van der Waals surface area (Å²) in [6.45, 7) is 2.31. The van der Waals surface area contributed by atoms with Crippen LogP contribution in [0.15, 0.2) is 11.2 Å². The average molecular weight is 301 g/mol. The number of imidazole rings is 1. The highest BCUT2D eigenvalue weighted by Crippen LogP contribution is 2.23. The van der Waals surface area contributed by atoms with Gasteiger partial charge in [0.1, 0.15) is 5.82 Å². The van der Waals surface area contributed by atoms with E-state index in [1.165, 1.54) is 17.6 Å². The van der Waals surface area contributed by atoms with Crippen LogP contribution in [-0.4, -0.2) is 48.4 Å². The van der Waals surface area contributed by atoms with Crippen LogP contribution in [0.1, 0.15) is 18.7 Å². The molecule has 1 atom stereocenters. The van der Waals surface area contributed by atoms with Crippen LogP contribution in [0.5, 0.6) is 0 Å². The van der Waals surface area contributed by atoms with Crippen molar-refractivity contribution >= 4 is 16.0 Å². The monoisotopic (exact) mass is 301 g/mol. The van der Waals surface area contributed by atoms with Crippen molar-refractivity contribution in [2.24, 2.45) is 13.0 Å². The summed E-state index contributed by atoms with van der Waals surface area (Å²) in [5, 5.41) is 0.0306. The van der Waals surface area contributed by atoms with Gasteiger partial charge in [-0.2, -0.15) is 4.31 Å². The van der Waals surface area contributed by atoms with E-state index >= 15 is 0 Å². The highest BCUT2D eigenvalue weighted by Gasteiger charge is 2.35. The summed E-state index contributed by atoms with van der Waals surface area (Å²) in [6.07, 6.45) is 2.79. The predicted molar refractivity (Wildman–Crippen MR) is 71.4 cm³/mol. The Labute approximate surface area is 118 Å². The lowest BCUT2D eigenvalue weighted by Gasteiger charge is -2.29. The molecule has 0 aromatic carbocycles. The Morgan fingerprint density at radius 1 is 1.50 bits per heavy atom. The van der Waals surface area contributed by atoms with E-state index < -0.39 is 15.9 Å². The number of esters is 1. The largest absolute Gasteiger partial charge is 0.469 e. The summed E-state index contributed by atoms with van der Waals surface area (Å²) in [5.74, 6) is -0.125. The summed E-state index contributed by atoms with van der Waals surface area (Å²) in [7, 11) is -0.583. The number of aryl methyl sites for hydroxylation is 2. The molecule has 1 aliphatic heterocycles. The maximum atomic E-state index is 12.5. The van der Waals surface area contributed by atoms with E-state index in [4.69, 9.17) is 4.74 Å². The minimum Gasteiger partial charge on any atom is -0.469 e. The topological polar surface area (TPSA) is 81.5 Å². The number of hydrogen-bond donors (Lipinski definition) is 0. The van der Waals surface area contributed by atoms with Gasteiger partial charge in [-0.15, -0.1) is 0 Å². The van der Waals surface area contributed by atoms with Crippen LogP contribution in [0, 0.1) is 12.8 Å². The summed E-state index contributed by atoms with van der Waals surface area (Å²) < 4.78 is 32.7. The Morgan fingerprint density at radius 2 is 2.20 bits per heavy atom. The van der Waals surface area contributed by atoms with Crippen LogP contribution in [0.3, 0.4) is 0 Å². The van der Waals surface area contributed by atoms with Crippen molar-refractivity contribution in [3.8, 4) is 0 Å². The second kappa shape index (κ2) is 5.53. The van der Waals surface area contributed by atoms with Gasteiger partial charge in [0.05, 0.1) is 13.0 Å². The number of hydrogen-bond acceptors (Lipinski definition) is 5. The Morgan fingerprint density at radius 3 is 2.75 bits per heavy atom. The lowest BCUT2D eigenvalue weighted by molar-refractivity contribution is -0.146. The summed E-state index contributed by atoms with van der Waals surface area (Å²) in [5.41, 5.74) is 0. The molecule has 112 valence electrons. The van der Waals surface area contributed by atoms with E-state index in [-0.39, 0.29) is 17.5 Å². The second-order valence-corrected chi connectivity index (χ2v) is 6.85. The number of rotatable bonds is 3. The number of piperidine rings is 1. The first kappa shape index (κ1) is 15.0. The molecule has 1 aromatic rings. The third-order valence-electron chi connectivity index (χ3n) is 3.61. The first-order valence-electron chi connectivity index (χ1n) is 6.44. The van der Waals surface area contributed by atoms with Crippen molar-refractivity contribution in [1.82, 2.24) is 13.9 Å². The average Bonchev–Trinajstić information content (AvgIpc) is 2.78. The van der Waals surface area contributed by atoms with E-state index in [9.17, 15) is 13.2 Å². The fourth-order valence-electron chi connectivity index (χ4n) is 2.30. The van der Waals surface area contributed by atoms with Gasteiger partial charge in [0.15, 0.2) is 5.03 Å². The van der Waals surface area contributed by atoms with Gasteiger partial charge in [-0.1, -0.05) is 0 Å². The van der Waals surface area contributed by atoms with Crippen molar-refractivity contribution in [2.75, 3.05) is 20.2 Å². The minimum atomic E-state index is -3.64. The third-order valence-corrected chi connectivity index (χ3v) is 5.35. The first-order valence-corrected chi connectivity index (χ1v) is 7.88. The van der Waals surface area contributed by atoms with Gasteiger partial charge in [-0.05, 0) is 19.8 Å². The standard InChI is InChI=1S/C12H19N3O4S/c1-9-13-11(8-14(9)2)20(17,18)15-6-4-5-10(7-15)12(16)19-3/h8,10H,4-7H2,1-3H3/t10-/m0/s1. The molecule has 2 rings (SSSR count). The van der Waals surface area contributed by atoms with Crippen molar-refractivity contribution in [1.29, 1.82) is 0 Å². The molecule has 1 aromatic heterocycles. The zero-order chi connectivity index (χ0) is 14.9. The smallest absolute Gasteiger partial charge is 0.309 e. The fraction of sp³-hybridized carbons (Fsp3) is 0.667. The third kappa shape index (κ3) is 2.71. The van der Waals surface area contributed by atoms with Crippen LogP contribution in [0.25, 0.3) is 0 Å². The van der Waals surface area contributed by atoms with Crippen molar-refractivity contribution in [3.05, 3.63) is 12.0 Å². The second-order valence-electron chi connectivity index (χ2n) is 4.96. The Hall–Kier alpha value is -1.41. The van der Waals surface area contributed by atoms with Gasteiger partial charge in [-0.25, -0.2) is 13.4 Å². The van der Waals surface area contributed by atoms with Gasteiger partial charge in [-0.3, -0.25) is 4.79 Å². The van der Waals surface area contributed by atoms with Crippen molar-refractivity contribution in [3.63, 3.8) is 0 Å². The van der Waals surface area contributed by atoms with Crippen LogP contribution in [0.4, 0.5) is 0 Å². The molecule has 8 heteroatoms. The first-order chi connectivity index (χ1) is 9.36. The van der Waals surface area contributed by atoms with Gasteiger partial charge >= 0.3 is 5.97 Å². The molecule has 0 unspecified atom stereocenters. The number of carbonyl (C=O) groups excluding carboxylic acids is 1. The molecular formula is C12H19N3O4S. The molecule has 0 amide bonds. The molecule has 0 radical (unpaired) electrons. The minimum absolute atomic E-state index is 0.0306. The Bertz CT molecular complexity index is 589. The number of ether oxygens (including phenoxy) is 1. The van der Waals surface area contributed by atoms with Crippen LogP contribution in [-0.2, 0) is 26.6 Å². The lowest BCUT2D eigenvalue weighted by atomic mass is 10.0. The van der Waals surface area contributed by atoms with Gasteiger partial charge in [0.25, 0.3) is 10.0 Å². The van der Waals surface area contributed by atoms with Crippen molar-refractivity contribution in [2.45, 2.75) is 24.8 Å². The van der Waals surface area contributed by atoms with Gasteiger partial charge in [0.2, 0.25) is 0 Å². The highest BCUT2D eigenvalue weighted by atomic mass is 32.2. The number of methoxy groups -OCH3 is 1. The normalized spacial score (nSPS) is 20.9. The molecule has 2 heterocycles. The van der Waals surface area contributed by atoms with Crippen LogP contribution >= 0.6 is 0 Å². The summed E-state index contributed by atoms with van der Waals surface area (Å²) >= 11 is 0. The number of nitrogens with zero attached hydrogens (tertiary/aromatic N) is 3. The lowest BCUT2D eigenvalue weighted by Crippen LogP contribution is -2.42. The summed E-state index contributed by atoms with van der Waals surface area (Å²) in [6, 6.07) is 0. The van der Waals surface area contributed by atoms with Crippen LogP contribution in [0.2, 0.25) is 0 Å². The molecule has 0 aliphatic carbocycles. The van der Waals surface area contributed by atoms with E-state index in [0.717, 1.165) is 0 Å². The zero-order valence-electron chi connectivity index (χ0n) is 11.9. The molecule has 1 aliphatic rings. The maximum Gasteiger partial charge on any atom is 0.309 e. The van der Waals surface area contributed by atoms with E-state index in [2.05, 4.69) is 4.98 Å². The molecule has 0 bridgehead atoms. The number of aromatic nitrogens is 2. The number of carbonyl (C=O) groups is 1. The molecule has 1 fully saturated rings. The van der Waals surface area contributed by atoms with Gasteiger partial charge in [0, 0.05) is 26.3 Å². The van der Waals surface area contributed by atoms with E-state index in [1.807, 2.05) is 0 Å². The molecule has 7 nitrogen and oxygen atoms in total. The Balaban J connectivity index is 2.23.